The highest BCUT2D eigenvalue weighted by atomic mass is 16.6. The molecular formula is C36H55N3O9. The van der Waals surface area contributed by atoms with Crippen LogP contribution in [0.4, 0.5) is 9.59 Å². The smallest absolute Gasteiger partial charge is 0.407 e. The number of aliphatic hydroxyl groups excluding tert-OH is 2. The van der Waals surface area contributed by atoms with E-state index in [-0.39, 0.29) is 32.0 Å². The molecule has 0 fully saturated rings. The average Bonchev–Trinajstić information content (AvgIpc) is 2.97. The highest BCUT2D eigenvalue weighted by molar-refractivity contribution is 5.71. The molecule has 0 spiro atoms. The lowest BCUT2D eigenvalue weighted by Crippen LogP contribution is -2.53. The summed E-state index contributed by atoms with van der Waals surface area (Å²) in [5.41, 5.74) is 0.252. The molecule has 0 saturated carbocycles. The van der Waals surface area contributed by atoms with Gasteiger partial charge in [0.25, 0.3) is 0 Å². The summed E-state index contributed by atoms with van der Waals surface area (Å²) < 4.78 is 21.5. The molecule has 2 aromatic rings. The molecule has 5 N–H and O–H groups in total. The monoisotopic (exact) mass is 673 g/mol. The Morgan fingerprint density at radius 2 is 1.17 bits per heavy atom. The molecule has 12 heteroatoms. The number of carbonyl (C=O) groups is 3. The minimum absolute atomic E-state index is 0.0156. The third-order valence-corrected chi connectivity index (χ3v) is 6.65. The molecule has 0 unspecified atom stereocenters. The quantitative estimate of drug-likeness (QED) is 0.122. The van der Waals surface area contributed by atoms with Crippen molar-refractivity contribution in [2.24, 2.45) is 5.92 Å². The molecule has 0 heterocycles. The first-order chi connectivity index (χ1) is 22.4. The summed E-state index contributed by atoms with van der Waals surface area (Å²) in [6.45, 7) is 14.6. The minimum Gasteiger partial charge on any atom is -0.482 e. The minimum atomic E-state index is -1.08. The van der Waals surface area contributed by atoms with Crippen molar-refractivity contribution in [2.45, 2.75) is 104 Å². The van der Waals surface area contributed by atoms with Crippen LogP contribution in [0.2, 0.25) is 0 Å². The average molecular weight is 674 g/mol. The number of carbonyl (C=O) groups excluding carboxylic acids is 3. The molecule has 0 bridgehead atoms. The van der Waals surface area contributed by atoms with Crippen LogP contribution in [0.3, 0.4) is 0 Å². The van der Waals surface area contributed by atoms with E-state index in [0.717, 1.165) is 11.1 Å². The molecule has 48 heavy (non-hydrogen) atoms. The summed E-state index contributed by atoms with van der Waals surface area (Å²) in [5, 5.41) is 30.9. The third-order valence-electron chi connectivity index (χ3n) is 6.65. The van der Waals surface area contributed by atoms with E-state index in [2.05, 4.69) is 16.0 Å². The molecular weight excluding hydrogens is 618 g/mol. The largest absolute Gasteiger partial charge is 0.482 e. The molecule has 0 aliphatic rings. The summed E-state index contributed by atoms with van der Waals surface area (Å²) in [6.07, 6.45) is -2.84. The number of hydrogen-bond acceptors (Lipinski definition) is 10. The standard InChI is InChI=1S/C36H55N3O9/c1-24(2)22-46-32(42)23-45-27-16-14-26(15-17-27)19-29(39-34(44)48-36(6,7)8)31(41)21-37-20-30(40)28(18-25-12-10-9-11-13-25)38-33(43)47-35(3,4)5/h9-17,24,28-31,37,40-41H,18-23H2,1-8H3,(H,38,43)(H,39,44)/t28-,29-,30+,31+/m0/s1. The number of hydrogen-bond donors (Lipinski definition) is 5. The lowest BCUT2D eigenvalue weighted by Gasteiger charge is -2.29. The second kappa shape index (κ2) is 19.2. The van der Waals surface area contributed by atoms with Crippen LogP contribution in [0.1, 0.15) is 66.5 Å². The molecule has 0 aliphatic carbocycles. The lowest BCUT2D eigenvalue weighted by molar-refractivity contribution is -0.147. The third kappa shape index (κ3) is 17.3. The zero-order chi connectivity index (χ0) is 35.9. The van der Waals surface area contributed by atoms with E-state index in [0.29, 0.717) is 18.8 Å². The van der Waals surface area contributed by atoms with Crippen LogP contribution in [0.25, 0.3) is 0 Å². The van der Waals surface area contributed by atoms with Crippen LogP contribution in [-0.2, 0) is 31.8 Å². The fraction of sp³-hybridized carbons (Fsp3) is 0.583. The van der Waals surface area contributed by atoms with Gasteiger partial charge in [-0.1, -0.05) is 56.3 Å². The molecule has 268 valence electrons. The molecule has 4 atom stereocenters. The van der Waals surface area contributed by atoms with Crippen LogP contribution in [0.5, 0.6) is 5.75 Å². The van der Waals surface area contributed by atoms with E-state index in [1.807, 2.05) is 44.2 Å². The van der Waals surface area contributed by atoms with Crippen LogP contribution >= 0.6 is 0 Å². The predicted octanol–water partition coefficient (Wildman–Crippen LogP) is 4.15. The Bertz CT molecular complexity index is 1260. The maximum absolute atomic E-state index is 12.7. The van der Waals surface area contributed by atoms with Gasteiger partial charge in [0.2, 0.25) is 0 Å². The molecule has 0 aliphatic heterocycles. The Morgan fingerprint density at radius 3 is 1.60 bits per heavy atom. The van der Waals surface area contributed by atoms with Crippen LogP contribution in [0, 0.1) is 5.92 Å². The Kier molecular flexibility index (Phi) is 16.1. The van der Waals surface area contributed by atoms with Gasteiger partial charge in [0, 0.05) is 13.1 Å². The Labute approximate surface area is 284 Å². The van der Waals surface area contributed by atoms with Gasteiger partial charge in [0.05, 0.1) is 30.9 Å². The van der Waals surface area contributed by atoms with E-state index in [1.54, 1.807) is 65.8 Å². The van der Waals surface area contributed by atoms with Crippen LogP contribution in [0.15, 0.2) is 54.6 Å². The zero-order valence-electron chi connectivity index (χ0n) is 29.6. The Morgan fingerprint density at radius 1 is 0.708 bits per heavy atom. The van der Waals surface area contributed by atoms with Gasteiger partial charge in [0.1, 0.15) is 17.0 Å². The van der Waals surface area contributed by atoms with Gasteiger partial charge in [-0.25, -0.2) is 14.4 Å². The molecule has 2 aromatic carbocycles. The van der Waals surface area contributed by atoms with Gasteiger partial charge in [0.15, 0.2) is 6.61 Å². The van der Waals surface area contributed by atoms with Crippen molar-refractivity contribution in [3.8, 4) is 5.75 Å². The SMILES string of the molecule is CC(C)COC(=O)COc1ccc(C[C@H](NC(=O)OC(C)(C)C)[C@H](O)CNC[C@@H](O)[C@H](Cc2ccccc2)NC(=O)OC(C)(C)C)cc1. The number of esters is 1. The highest BCUT2D eigenvalue weighted by Crippen LogP contribution is 2.16. The number of aliphatic hydroxyl groups is 2. The van der Waals surface area contributed by atoms with Gasteiger partial charge < -0.3 is 45.1 Å². The van der Waals surface area contributed by atoms with Gasteiger partial charge in [-0.15, -0.1) is 0 Å². The topological polar surface area (TPSA) is 165 Å². The fourth-order valence-corrected chi connectivity index (χ4v) is 4.44. The number of amides is 2. The van der Waals surface area contributed by atoms with Gasteiger partial charge in [-0.2, -0.15) is 0 Å². The van der Waals surface area contributed by atoms with Crippen molar-refractivity contribution in [1.29, 1.82) is 0 Å². The second-order valence-corrected chi connectivity index (χ2v) is 14.2. The predicted molar refractivity (Wildman–Crippen MR) is 183 cm³/mol. The lowest BCUT2D eigenvalue weighted by atomic mass is 10.00. The normalized spacial score (nSPS) is 14.3. The molecule has 2 rings (SSSR count). The van der Waals surface area contributed by atoms with Crippen molar-refractivity contribution in [1.82, 2.24) is 16.0 Å². The highest BCUT2D eigenvalue weighted by Gasteiger charge is 2.28. The summed E-state index contributed by atoms with van der Waals surface area (Å²) >= 11 is 0. The molecule has 0 saturated heterocycles. The maximum atomic E-state index is 12.7. The van der Waals surface area contributed by atoms with Crippen molar-refractivity contribution in [3.63, 3.8) is 0 Å². The van der Waals surface area contributed by atoms with Crippen molar-refractivity contribution in [2.75, 3.05) is 26.3 Å². The first-order valence-electron chi connectivity index (χ1n) is 16.4. The Balaban J connectivity index is 2.06. The summed E-state index contributed by atoms with van der Waals surface area (Å²) in [7, 11) is 0. The Hall–Kier alpha value is -3.87. The number of nitrogens with one attached hydrogen (secondary N) is 3. The van der Waals surface area contributed by atoms with E-state index in [4.69, 9.17) is 18.9 Å². The van der Waals surface area contributed by atoms with Crippen molar-refractivity contribution < 1.29 is 43.5 Å². The van der Waals surface area contributed by atoms with Gasteiger partial charge in [-0.05, 0) is 83.6 Å². The number of rotatable bonds is 17. The molecule has 0 radical (unpaired) electrons. The van der Waals surface area contributed by atoms with Gasteiger partial charge in [-0.3, -0.25) is 0 Å². The summed E-state index contributed by atoms with van der Waals surface area (Å²) in [4.78, 5) is 37.1. The second-order valence-electron chi connectivity index (χ2n) is 14.2. The van der Waals surface area contributed by atoms with E-state index < -0.39 is 53.6 Å². The van der Waals surface area contributed by atoms with E-state index in [1.165, 1.54) is 0 Å². The summed E-state index contributed by atoms with van der Waals surface area (Å²) in [5.74, 6) is 0.240. The number of benzene rings is 2. The first kappa shape index (κ1) is 40.3. The first-order valence-corrected chi connectivity index (χ1v) is 16.4. The van der Waals surface area contributed by atoms with Gasteiger partial charge >= 0.3 is 18.2 Å². The molecule has 2 amide bonds. The van der Waals surface area contributed by atoms with Crippen molar-refractivity contribution in [3.05, 3.63) is 65.7 Å². The zero-order valence-corrected chi connectivity index (χ0v) is 29.6. The van der Waals surface area contributed by atoms with Crippen LogP contribution < -0.4 is 20.7 Å². The van der Waals surface area contributed by atoms with Crippen LogP contribution in [-0.4, -0.2) is 90.2 Å². The maximum Gasteiger partial charge on any atom is 0.407 e. The number of ether oxygens (including phenoxy) is 4. The molecule has 0 aromatic heterocycles. The van der Waals surface area contributed by atoms with Crippen molar-refractivity contribution >= 4 is 18.2 Å². The fourth-order valence-electron chi connectivity index (χ4n) is 4.44. The summed E-state index contributed by atoms with van der Waals surface area (Å²) in [6, 6.07) is 15.0. The van der Waals surface area contributed by atoms with E-state index >= 15 is 0 Å². The van der Waals surface area contributed by atoms with E-state index in [9.17, 15) is 24.6 Å². The molecule has 12 nitrogen and oxygen atoms in total. The number of alkyl carbamates (subject to hydrolysis) is 2.